The molecule has 1 aromatic rings. The van der Waals surface area contributed by atoms with E-state index < -0.39 is 0 Å². The first-order valence-electron chi connectivity index (χ1n) is 5.35. The summed E-state index contributed by atoms with van der Waals surface area (Å²) in [6, 6.07) is 5.15. The molecule has 0 radical (unpaired) electrons. The fourth-order valence-corrected chi connectivity index (χ4v) is 1.83. The lowest BCUT2D eigenvalue weighted by Crippen LogP contribution is -2.40. The molecule has 0 saturated carbocycles. The number of carbonyl (C=O) groups excluding carboxylic acids is 1. The third kappa shape index (κ3) is 4.65. The monoisotopic (exact) mass is 310 g/mol. The Kier molecular flexibility index (Phi) is 7.64. The van der Waals surface area contributed by atoms with Gasteiger partial charge in [-0.05, 0) is 24.6 Å². The molecule has 6 heteroatoms. The van der Waals surface area contributed by atoms with Crippen LogP contribution in [-0.2, 0) is 11.2 Å². The number of nitrogens with zero attached hydrogens (tertiary/aromatic N) is 1. The zero-order valence-corrected chi connectivity index (χ0v) is 12.6. The summed E-state index contributed by atoms with van der Waals surface area (Å²) in [5.41, 5.74) is 6.29. The molecule has 1 unspecified atom stereocenters. The van der Waals surface area contributed by atoms with Gasteiger partial charge in [0.05, 0.1) is 6.42 Å². The second-order valence-corrected chi connectivity index (χ2v) is 4.85. The van der Waals surface area contributed by atoms with Crippen LogP contribution in [0.2, 0.25) is 10.0 Å². The number of carbonyl (C=O) groups is 1. The van der Waals surface area contributed by atoms with Gasteiger partial charge in [-0.2, -0.15) is 0 Å². The Morgan fingerprint density at radius 2 is 2.06 bits per heavy atom. The molecule has 0 aliphatic rings. The SMILES string of the molecule is CC(CN)N(C)C(=O)Cc1ccc(Cl)cc1Cl.Cl. The number of hydrogen-bond donors (Lipinski definition) is 1. The van der Waals surface area contributed by atoms with E-state index in [0.29, 0.717) is 16.6 Å². The predicted octanol–water partition coefficient (Wildman–Crippen LogP) is 2.76. The van der Waals surface area contributed by atoms with Crippen LogP contribution in [-0.4, -0.2) is 30.4 Å². The molecule has 3 nitrogen and oxygen atoms in total. The largest absolute Gasteiger partial charge is 0.341 e. The van der Waals surface area contributed by atoms with Crippen molar-refractivity contribution in [3.05, 3.63) is 33.8 Å². The minimum atomic E-state index is -0.00725. The van der Waals surface area contributed by atoms with Crippen LogP contribution in [0, 0.1) is 0 Å². The molecule has 0 spiro atoms. The van der Waals surface area contributed by atoms with E-state index in [2.05, 4.69) is 0 Å². The van der Waals surface area contributed by atoms with Crippen molar-refractivity contribution in [3.63, 3.8) is 0 Å². The molecule has 1 amide bonds. The molecule has 2 N–H and O–H groups in total. The maximum atomic E-state index is 11.9. The molecule has 1 rings (SSSR count). The molecule has 0 aliphatic carbocycles. The minimum absolute atomic E-state index is 0. The molecule has 0 aliphatic heterocycles. The summed E-state index contributed by atoms with van der Waals surface area (Å²) in [7, 11) is 1.74. The highest BCUT2D eigenvalue weighted by molar-refractivity contribution is 6.35. The van der Waals surface area contributed by atoms with Gasteiger partial charge < -0.3 is 10.6 Å². The van der Waals surface area contributed by atoms with Crippen LogP contribution in [0.15, 0.2) is 18.2 Å². The number of amides is 1. The van der Waals surface area contributed by atoms with E-state index in [-0.39, 0.29) is 30.8 Å². The first-order valence-corrected chi connectivity index (χ1v) is 6.11. The van der Waals surface area contributed by atoms with Gasteiger partial charge >= 0.3 is 0 Å². The van der Waals surface area contributed by atoms with Crippen LogP contribution < -0.4 is 5.73 Å². The zero-order valence-electron chi connectivity index (χ0n) is 10.3. The molecule has 0 saturated heterocycles. The highest BCUT2D eigenvalue weighted by atomic mass is 35.5. The van der Waals surface area contributed by atoms with Crippen molar-refractivity contribution in [2.75, 3.05) is 13.6 Å². The summed E-state index contributed by atoms with van der Waals surface area (Å²) >= 11 is 11.8. The van der Waals surface area contributed by atoms with Crippen molar-refractivity contribution in [2.45, 2.75) is 19.4 Å². The summed E-state index contributed by atoms with van der Waals surface area (Å²) in [6.45, 7) is 2.35. The summed E-state index contributed by atoms with van der Waals surface area (Å²) < 4.78 is 0. The van der Waals surface area contributed by atoms with E-state index in [1.54, 1.807) is 30.1 Å². The normalized spacial score (nSPS) is 11.6. The number of nitrogens with two attached hydrogens (primary N) is 1. The lowest BCUT2D eigenvalue weighted by Gasteiger charge is -2.23. The average molecular weight is 312 g/mol. The van der Waals surface area contributed by atoms with E-state index in [0.717, 1.165) is 5.56 Å². The molecule has 0 aromatic heterocycles. The van der Waals surface area contributed by atoms with E-state index in [9.17, 15) is 4.79 Å². The Labute approximate surface area is 124 Å². The average Bonchev–Trinajstić information content (AvgIpc) is 2.30. The lowest BCUT2D eigenvalue weighted by molar-refractivity contribution is -0.130. The van der Waals surface area contributed by atoms with E-state index >= 15 is 0 Å². The molecule has 102 valence electrons. The van der Waals surface area contributed by atoms with Gasteiger partial charge in [0.2, 0.25) is 5.91 Å². The van der Waals surface area contributed by atoms with Gasteiger partial charge in [-0.25, -0.2) is 0 Å². The standard InChI is InChI=1S/C12H16Cl2N2O.ClH/c1-8(7-15)16(2)12(17)5-9-3-4-10(13)6-11(9)14;/h3-4,6,8H,5,7,15H2,1-2H3;1H. The first kappa shape index (κ1) is 17.5. The van der Waals surface area contributed by atoms with E-state index in [1.807, 2.05) is 6.92 Å². The van der Waals surface area contributed by atoms with Gasteiger partial charge in [0.25, 0.3) is 0 Å². The van der Waals surface area contributed by atoms with Crippen LogP contribution in [0.3, 0.4) is 0 Å². The first-order chi connectivity index (χ1) is 7.95. The highest BCUT2D eigenvalue weighted by Crippen LogP contribution is 2.21. The summed E-state index contributed by atoms with van der Waals surface area (Å²) in [5, 5.41) is 1.08. The molecule has 18 heavy (non-hydrogen) atoms. The third-order valence-corrected chi connectivity index (χ3v) is 3.34. The molecule has 1 aromatic carbocycles. The summed E-state index contributed by atoms with van der Waals surface area (Å²) in [6.07, 6.45) is 0.261. The topological polar surface area (TPSA) is 46.3 Å². The van der Waals surface area contributed by atoms with Crippen LogP contribution >= 0.6 is 35.6 Å². The Balaban J connectivity index is 0.00000289. The predicted molar refractivity (Wildman–Crippen MR) is 78.7 cm³/mol. The number of halogens is 3. The summed E-state index contributed by atoms with van der Waals surface area (Å²) in [4.78, 5) is 13.6. The van der Waals surface area contributed by atoms with Gasteiger partial charge in [-0.1, -0.05) is 29.3 Å². The number of rotatable bonds is 4. The van der Waals surface area contributed by atoms with Crippen LogP contribution in [0.5, 0.6) is 0 Å². The Morgan fingerprint density at radius 1 is 1.44 bits per heavy atom. The third-order valence-electron chi connectivity index (χ3n) is 2.75. The van der Waals surface area contributed by atoms with E-state index in [4.69, 9.17) is 28.9 Å². The number of hydrogen-bond acceptors (Lipinski definition) is 2. The highest BCUT2D eigenvalue weighted by Gasteiger charge is 2.16. The van der Waals surface area contributed by atoms with Crippen LogP contribution in [0.1, 0.15) is 12.5 Å². The van der Waals surface area contributed by atoms with Gasteiger partial charge in [-0.3, -0.25) is 4.79 Å². The lowest BCUT2D eigenvalue weighted by atomic mass is 10.1. The van der Waals surface area contributed by atoms with Crippen molar-refractivity contribution in [3.8, 4) is 0 Å². The molecular weight excluding hydrogens is 295 g/mol. The van der Waals surface area contributed by atoms with Gasteiger partial charge in [0, 0.05) is 29.7 Å². The quantitative estimate of drug-likeness (QED) is 0.929. The smallest absolute Gasteiger partial charge is 0.227 e. The summed E-state index contributed by atoms with van der Waals surface area (Å²) in [5.74, 6) is -0.00725. The maximum absolute atomic E-state index is 11.9. The zero-order chi connectivity index (χ0) is 13.0. The Morgan fingerprint density at radius 3 is 2.56 bits per heavy atom. The Bertz CT molecular complexity index is 412. The molecule has 0 heterocycles. The van der Waals surface area contributed by atoms with Crippen molar-refractivity contribution in [1.82, 2.24) is 4.90 Å². The van der Waals surface area contributed by atoms with Crippen LogP contribution in [0.25, 0.3) is 0 Å². The molecule has 0 bridgehead atoms. The second kappa shape index (κ2) is 7.85. The second-order valence-electron chi connectivity index (χ2n) is 4.00. The number of benzene rings is 1. The molecule has 0 fully saturated rings. The molecular formula is C12H17Cl3N2O. The van der Waals surface area contributed by atoms with Gasteiger partial charge in [-0.15, -0.1) is 12.4 Å². The van der Waals surface area contributed by atoms with E-state index in [1.165, 1.54) is 0 Å². The van der Waals surface area contributed by atoms with Crippen molar-refractivity contribution < 1.29 is 4.79 Å². The van der Waals surface area contributed by atoms with Crippen LogP contribution in [0.4, 0.5) is 0 Å². The van der Waals surface area contributed by atoms with Gasteiger partial charge in [0.1, 0.15) is 0 Å². The number of likely N-dealkylation sites (N-methyl/N-ethyl adjacent to an activating group) is 1. The van der Waals surface area contributed by atoms with Gasteiger partial charge in [0.15, 0.2) is 0 Å². The fourth-order valence-electron chi connectivity index (χ4n) is 1.36. The van der Waals surface area contributed by atoms with Crippen molar-refractivity contribution in [1.29, 1.82) is 0 Å². The van der Waals surface area contributed by atoms with Crippen molar-refractivity contribution in [2.24, 2.45) is 5.73 Å². The minimum Gasteiger partial charge on any atom is -0.341 e. The molecule has 1 atom stereocenters. The maximum Gasteiger partial charge on any atom is 0.227 e. The Hall–Kier alpha value is -0.480. The fraction of sp³-hybridized carbons (Fsp3) is 0.417. The van der Waals surface area contributed by atoms with Crippen molar-refractivity contribution >= 4 is 41.5 Å².